The first-order valence-corrected chi connectivity index (χ1v) is 9.40. The van der Waals surface area contributed by atoms with Crippen LogP contribution in [0.5, 0.6) is 0 Å². The number of benzene rings is 1. The Morgan fingerprint density at radius 2 is 2.24 bits per heavy atom. The average Bonchev–Trinajstić information content (AvgIpc) is 3.12. The van der Waals surface area contributed by atoms with Gasteiger partial charge in [-0.05, 0) is 41.8 Å². The molecule has 1 N–H and O–H groups in total. The van der Waals surface area contributed by atoms with Crippen LogP contribution in [0.15, 0.2) is 46.8 Å². The van der Waals surface area contributed by atoms with Crippen molar-refractivity contribution in [1.29, 1.82) is 0 Å². The highest BCUT2D eigenvalue weighted by atomic mass is 32.1. The Labute approximate surface area is 149 Å². The number of ether oxygens (including phenoxy) is 1. The van der Waals surface area contributed by atoms with Gasteiger partial charge in [0.25, 0.3) is 5.56 Å². The van der Waals surface area contributed by atoms with E-state index in [1.165, 1.54) is 33.4 Å². The first-order valence-electron chi connectivity index (χ1n) is 8.52. The molecule has 0 saturated carbocycles. The molecule has 0 fully saturated rings. The molecule has 3 aromatic rings. The number of hydrogen-bond acceptors (Lipinski definition) is 5. The number of hydrogen-bond donors (Lipinski definition) is 1. The maximum Gasteiger partial charge on any atom is 0.262 e. The van der Waals surface area contributed by atoms with Crippen molar-refractivity contribution in [2.45, 2.75) is 38.0 Å². The van der Waals surface area contributed by atoms with Gasteiger partial charge >= 0.3 is 0 Å². The Bertz CT molecular complexity index is 934. The molecular formula is C19H20N2O3S. The fourth-order valence-corrected chi connectivity index (χ4v) is 4.14. The maximum absolute atomic E-state index is 12.4. The zero-order valence-corrected chi connectivity index (χ0v) is 14.6. The highest BCUT2D eigenvalue weighted by Crippen LogP contribution is 2.32. The van der Waals surface area contributed by atoms with Gasteiger partial charge in [-0.2, -0.15) is 0 Å². The van der Waals surface area contributed by atoms with Crippen molar-refractivity contribution < 1.29 is 9.84 Å². The van der Waals surface area contributed by atoms with E-state index in [1.54, 1.807) is 6.07 Å². The summed E-state index contributed by atoms with van der Waals surface area (Å²) >= 11 is 1.44. The number of aliphatic hydroxyl groups is 1. The molecule has 2 aromatic heterocycles. The molecule has 4 rings (SSSR count). The quantitative estimate of drug-likeness (QED) is 0.763. The fourth-order valence-electron chi connectivity index (χ4n) is 3.41. The van der Waals surface area contributed by atoms with Gasteiger partial charge in [0.1, 0.15) is 4.83 Å². The van der Waals surface area contributed by atoms with E-state index < -0.39 is 6.10 Å². The largest absolute Gasteiger partial charge is 0.389 e. The monoisotopic (exact) mass is 356 g/mol. The van der Waals surface area contributed by atoms with Gasteiger partial charge in [-0.25, -0.2) is 4.98 Å². The summed E-state index contributed by atoms with van der Waals surface area (Å²) in [4.78, 5) is 17.4. The van der Waals surface area contributed by atoms with Crippen molar-refractivity contribution >= 4 is 21.6 Å². The van der Waals surface area contributed by atoms with Gasteiger partial charge in [0.05, 0.1) is 37.1 Å². The van der Waals surface area contributed by atoms with Crippen molar-refractivity contribution in [3.8, 4) is 0 Å². The molecule has 1 aliphatic rings. The van der Waals surface area contributed by atoms with Crippen LogP contribution in [-0.2, 0) is 17.7 Å². The smallest absolute Gasteiger partial charge is 0.262 e. The molecule has 0 aliphatic heterocycles. The molecule has 0 radical (unpaired) electrons. The number of aromatic nitrogens is 2. The third-order valence-corrected chi connectivity index (χ3v) is 5.48. The molecule has 0 spiro atoms. The van der Waals surface area contributed by atoms with E-state index >= 15 is 0 Å². The third-order valence-electron chi connectivity index (χ3n) is 4.66. The van der Waals surface area contributed by atoms with E-state index in [0.29, 0.717) is 5.39 Å². The lowest BCUT2D eigenvalue weighted by molar-refractivity contribution is -0.0228. The van der Waals surface area contributed by atoms with Gasteiger partial charge in [-0.3, -0.25) is 9.36 Å². The molecule has 2 atom stereocenters. The zero-order valence-electron chi connectivity index (χ0n) is 13.8. The lowest BCUT2D eigenvalue weighted by Gasteiger charge is -2.26. The Morgan fingerprint density at radius 1 is 1.36 bits per heavy atom. The summed E-state index contributed by atoms with van der Waals surface area (Å²) in [5, 5.41) is 12.8. The van der Waals surface area contributed by atoms with Crippen LogP contribution < -0.4 is 5.56 Å². The number of rotatable bonds is 5. The molecule has 0 bridgehead atoms. The average molecular weight is 356 g/mol. The summed E-state index contributed by atoms with van der Waals surface area (Å²) in [7, 11) is 0. The second-order valence-corrected chi connectivity index (χ2v) is 7.30. The van der Waals surface area contributed by atoms with Crippen LogP contribution in [0.1, 0.15) is 30.1 Å². The highest BCUT2D eigenvalue weighted by Gasteiger charge is 2.21. The molecule has 25 heavy (non-hydrogen) atoms. The van der Waals surface area contributed by atoms with Crippen LogP contribution in [0.3, 0.4) is 0 Å². The van der Waals surface area contributed by atoms with Crippen molar-refractivity contribution in [3.05, 3.63) is 63.5 Å². The van der Waals surface area contributed by atoms with Crippen LogP contribution in [-0.4, -0.2) is 27.4 Å². The van der Waals surface area contributed by atoms with Gasteiger partial charge in [0.2, 0.25) is 0 Å². The van der Waals surface area contributed by atoms with Crippen molar-refractivity contribution in [1.82, 2.24) is 9.55 Å². The number of nitrogens with zero attached hydrogens (tertiary/aromatic N) is 2. The van der Waals surface area contributed by atoms with E-state index in [9.17, 15) is 9.90 Å². The van der Waals surface area contributed by atoms with Crippen LogP contribution in [0.2, 0.25) is 0 Å². The summed E-state index contributed by atoms with van der Waals surface area (Å²) < 4.78 is 7.43. The zero-order chi connectivity index (χ0) is 17.2. The molecular weight excluding hydrogens is 336 g/mol. The van der Waals surface area contributed by atoms with Gasteiger partial charge in [-0.15, -0.1) is 11.3 Å². The highest BCUT2D eigenvalue weighted by molar-refractivity contribution is 7.16. The molecule has 1 aromatic carbocycles. The molecule has 0 unspecified atom stereocenters. The maximum atomic E-state index is 12.4. The first kappa shape index (κ1) is 16.4. The molecule has 130 valence electrons. The van der Waals surface area contributed by atoms with Gasteiger partial charge < -0.3 is 9.84 Å². The molecule has 0 amide bonds. The number of aliphatic hydroxyl groups excluding tert-OH is 1. The topological polar surface area (TPSA) is 64.4 Å². The van der Waals surface area contributed by atoms with E-state index in [-0.39, 0.29) is 24.8 Å². The van der Waals surface area contributed by atoms with Crippen molar-refractivity contribution in [2.75, 3.05) is 6.61 Å². The van der Waals surface area contributed by atoms with Gasteiger partial charge in [0.15, 0.2) is 0 Å². The van der Waals surface area contributed by atoms with Gasteiger partial charge in [-0.1, -0.05) is 24.3 Å². The van der Waals surface area contributed by atoms with Crippen LogP contribution in [0, 0.1) is 0 Å². The van der Waals surface area contributed by atoms with Crippen LogP contribution in [0.4, 0.5) is 0 Å². The fraction of sp³-hybridized carbons (Fsp3) is 0.368. The SMILES string of the molecule is O=c1c2ccsc2ncn1C[C@@H](O)CO[C@@H]1CCCc2ccccc21. The van der Waals surface area contributed by atoms with E-state index in [2.05, 4.69) is 23.2 Å². The van der Waals surface area contributed by atoms with Crippen LogP contribution >= 0.6 is 11.3 Å². The third kappa shape index (κ3) is 3.38. The number of thiophene rings is 1. The summed E-state index contributed by atoms with van der Waals surface area (Å²) in [5.41, 5.74) is 2.43. The Kier molecular flexibility index (Phi) is 4.65. The Morgan fingerprint density at radius 3 is 3.16 bits per heavy atom. The van der Waals surface area contributed by atoms with E-state index in [1.807, 2.05) is 11.4 Å². The van der Waals surface area contributed by atoms with Crippen molar-refractivity contribution in [3.63, 3.8) is 0 Å². The minimum atomic E-state index is -0.746. The normalized spacial score (nSPS) is 18.2. The lowest BCUT2D eigenvalue weighted by atomic mass is 9.89. The Balaban J connectivity index is 1.42. The molecule has 6 heteroatoms. The van der Waals surface area contributed by atoms with Gasteiger partial charge in [0, 0.05) is 0 Å². The summed E-state index contributed by atoms with van der Waals surface area (Å²) in [5.74, 6) is 0. The minimum absolute atomic E-state index is 0.0220. The number of aryl methyl sites for hydroxylation is 1. The predicted molar refractivity (Wildman–Crippen MR) is 98.0 cm³/mol. The Hall–Kier alpha value is -2.02. The van der Waals surface area contributed by atoms with E-state index in [0.717, 1.165) is 24.1 Å². The lowest BCUT2D eigenvalue weighted by Crippen LogP contribution is -2.30. The molecule has 5 nitrogen and oxygen atoms in total. The second-order valence-electron chi connectivity index (χ2n) is 6.41. The minimum Gasteiger partial charge on any atom is -0.389 e. The standard InChI is InChI=1S/C19H20N2O3S/c22-14(10-21-12-20-18-16(19(21)23)8-9-25-18)11-24-17-7-3-5-13-4-1-2-6-15(13)17/h1-2,4,6,8-9,12,14,17,22H,3,5,7,10-11H2/t14-,17-/m1/s1. The molecule has 2 heterocycles. The summed E-state index contributed by atoms with van der Waals surface area (Å²) in [6, 6.07) is 10.1. The number of fused-ring (bicyclic) bond motifs is 2. The van der Waals surface area contributed by atoms with Crippen molar-refractivity contribution in [2.24, 2.45) is 0 Å². The summed E-state index contributed by atoms with van der Waals surface area (Å²) in [6.45, 7) is 0.388. The first-order chi connectivity index (χ1) is 12.2. The second kappa shape index (κ2) is 7.07. The predicted octanol–water partition coefficient (Wildman–Crippen LogP) is 2.91. The molecule has 1 aliphatic carbocycles. The summed E-state index contributed by atoms with van der Waals surface area (Å²) in [6.07, 6.45) is 3.92. The van der Waals surface area contributed by atoms with Crippen LogP contribution in [0.25, 0.3) is 10.2 Å². The molecule has 0 saturated heterocycles. The van der Waals surface area contributed by atoms with E-state index in [4.69, 9.17) is 4.74 Å².